The average molecular weight is 362 g/mol. The van der Waals surface area contributed by atoms with E-state index in [0.717, 1.165) is 29.3 Å². The highest BCUT2D eigenvalue weighted by atomic mass is 35.5. The summed E-state index contributed by atoms with van der Waals surface area (Å²) in [4.78, 5) is 14.0. The lowest BCUT2D eigenvalue weighted by atomic mass is 10.0. The number of methoxy groups -OCH3 is 1. The first-order valence-electron chi connectivity index (χ1n) is 8.02. The third kappa shape index (κ3) is 3.72. The zero-order valence-corrected chi connectivity index (χ0v) is 15.2. The van der Waals surface area contributed by atoms with Gasteiger partial charge in [-0.2, -0.15) is 0 Å². The molecule has 0 saturated carbocycles. The molecule has 0 fully saturated rings. The van der Waals surface area contributed by atoms with Gasteiger partial charge in [0.15, 0.2) is 5.78 Å². The number of ketones is 1. The van der Waals surface area contributed by atoms with Crippen LogP contribution in [0.3, 0.4) is 0 Å². The Morgan fingerprint density at radius 3 is 2.92 bits per heavy atom. The standard InChI is InChI=1S/C19H20ClNO2S/c1-23-11-10-21-13-15(19-16(20)7-3-8-17(19)21)18(22)9-2-5-14-6-4-12-24-14/h3-4,6-8,12-13H,2,5,9-11H2,1H3. The van der Waals surface area contributed by atoms with Crippen LogP contribution in [0, 0.1) is 0 Å². The fourth-order valence-corrected chi connectivity index (χ4v) is 3.93. The van der Waals surface area contributed by atoms with Crippen LogP contribution in [0.15, 0.2) is 41.9 Å². The fourth-order valence-electron chi connectivity index (χ4n) is 2.91. The van der Waals surface area contributed by atoms with E-state index in [0.29, 0.717) is 24.6 Å². The van der Waals surface area contributed by atoms with Crippen molar-refractivity contribution in [2.75, 3.05) is 13.7 Å². The summed E-state index contributed by atoms with van der Waals surface area (Å²) in [6, 6.07) is 9.92. The van der Waals surface area contributed by atoms with Crippen LogP contribution >= 0.6 is 22.9 Å². The lowest BCUT2D eigenvalue weighted by molar-refractivity contribution is 0.0981. The van der Waals surface area contributed by atoms with E-state index in [1.165, 1.54) is 4.88 Å². The van der Waals surface area contributed by atoms with Gasteiger partial charge in [-0.15, -0.1) is 11.3 Å². The molecule has 0 amide bonds. The summed E-state index contributed by atoms with van der Waals surface area (Å²) in [5, 5.41) is 3.56. The van der Waals surface area contributed by atoms with Gasteiger partial charge in [0.2, 0.25) is 0 Å². The van der Waals surface area contributed by atoms with E-state index in [-0.39, 0.29) is 5.78 Å². The predicted molar refractivity (Wildman–Crippen MR) is 100 cm³/mol. The zero-order chi connectivity index (χ0) is 16.9. The second-order valence-electron chi connectivity index (χ2n) is 5.72. The van der Waals surface area contributed by atoms with Crippen molar-refractivity contribution in [3.05, 3.63) is 57.4 Å². The number of carbonyl (C=O) groups excluding carboxylic acids is 1. The van der Waals surface area contributed by atoms with Gasteiger partial charge in [-0.3, -0.25) is 4.79 Å². The number of halogens is 1. The number of fused-ring (bicyclic) bond motifs is 1. The van der Waals surface area contributed by atoms with Crippen LogP contribution in [-0.4, -0.2) is 24.1 Å². The highest BCUT2D eigenvalue weighted by Gasteiger charge is 2.17. The maximum absolute atomic E-state index is 12.7. The van der Waals surface area contributed by atoms with Crippen molar-refractivity contribution in [1.82, 2.24) is 4.57 Å². The molecule has 0 radical (unpaired) electrons. The van der Waals surface area contributed by atoms with Gasteiger partial charge in [-0.05, 0) is 36.4 Å². The van der Waals surface area contributed by atoms with Crippen molar-refractivity contribution in [2.45, 2.75) is 25.8 Å². The minimum atomic E-state index is 0.154. The SMILES string of the molecule is COCCn1cc(C(=O)CCCc2cccs2)c2c(Cl)cccc21. The summed E-state index contributed by atoms with van der Waals surface area (Å²) in [6.45, 7) is 1.30. The van der Waals surface area contributed by atoms with Gasteiger partial charge in [0, 0.05) is 42.1 Å². The first kappa shape index (κ1) is 17.2. The van der Waals surface area contributed by atoms with E-state index >= 15 is 0 Å². The normalized spacial score (nSPS) is 11.2. The molecule has 126 valence electrons. The zero-order valence-electron chi connectivity index (χ0n) is 13.6. The largest absolute Gasteiger partial charge is 0.383 e. The predicted octanol–water partition coefficient (Wildman–Crippen LogP) is 5.21. The Bertz CT molecular complexity index is 823. The lowest BCUT2D eigenvalue weighted by Crippen LogP contribution is -2.03. The molecule has 1 aromatic carbocycles. The Kier molecular flexibility index (Phi) is 5.72. The lowest BCUT2D eigenvalue weighted by Gasteiger charge is -2.03. The number of aromatic nitrogens is 1. The molecule has 0 aliphatic carbocycles. The van der Waals surface area contributed by atoms with Crippen LogP contribution < -0.4 is 0 Å². The molecule has 3 rings (SSSR count). The summed E-state index contributed by atoms with van der Waals surface area (Å²) in [7, 11) is 1.68. The molecule has 2 aromatic heterocycles. The molecule has 0 unspecified atom stereocenters. The number of hydrogen-bond acceptors (Lipinski definition) is 3. The van der Waals surface area contributed by atoms with Gasteiger partial charge in [0.05, 0.1) is 17.1 Å². The molecule has 0 spiro atoms. The minimum absolute atomic E-state index is 0.154. The van der Waals surface area contributed by atoms with Crippen molar-refractivity contribution < 1.29 is 9.53 Å². The highest BCUT2D eigenvalue weighted by Crippen LogP contribution is 2.30. The van der Waals surface area contributed by atoms with Crippen LogP contribution in [0.25, 0.3) is 10.9 Å². The van der Waals surface area contributed by atoms with E-state index in [9.17, 15) is 4.79 Å². The molecule has 2 heterocycles. The quantitative estimate of drug-likeness (QED) is 0.516. The van der Waals surface area contributed by atoms with Gasteiger partial charge in [0.1, 0.15) is 0 Å². The highest BCUT2D eigenvalue weighted by molar-refractivity contribution is 7.09. The summed E-state index contributed by atoms with van der Waals surface area (Å²) in [6.07, 6.45) is 4.25. The second-order valence-corrected chi connectivity index (χ2v) is 7.16. The van der Waals surface area contributed by atoms with E-state index in [4.69, 9.17) is 16.3 Å². The number of carbonyl (C=O) groups is 1. The number of aryl methyl sites for hydroxylation is 1. The second kappa shape index (κ2) is 7.97. The molecule has 0 saturated heterocycles. The molecule has 0 aliphatic heterocycles. The van der Waals surface area contributed by atoms with E-state index in [1.54, 1.807) is 18.4 Å². The van der Waals surface area contributed by atoms with Crippen molar-refractivity contribution >= 4 is 39.6 Å². The molecule has 0 aliphatic rings. The van der Waals surface area contributed by atoms with Crippen LogP contribution in [0.5, 0.6) is 0 Å². The Morgan fingerprint density at radius 1 is 1.29 bits per heavy atom. The van der Waals surface area contributed by atoms with Gasteiger partial charge in [-0.1, -0.05) is 23.7 Å². The molecule has 3 aromatic rings. The first-order chi connectivity index (χ1) is 11.7. The van der Waals surface area contributed by atoms with Crippen LogP contribution in [0.2, 0.25) is 5.02 Å². The Hall–Kier alpha value is -1.62. The van der Waals surface area contributed by atoms with Gasteiger partial charge in [0.25, 0.3) is 0 Å². The van der Waals surface area contributed by atoms with Crippen molar-refractivity contribution in [2.24, 2.45) is 0 Å². The number of rotatable bonds is 8. The number of nitrogens with zero attached hydrogens (tertiary/aromatic N) is 1. The molecule has 3 nitrogen and oxygen atoms in total. The van der Waals surface area contributed by atoms with E-state index in [2.05, 4.69) is 16.0 Å². The third-order valence-corrected chi connectivity index (χ3v) is 5.35. The fraction of sp³-hybridized carbons (Fsp3) is 0.316. The van der Waals surface area contributed by atoms with E-state index < -0.39 is 0 Å². The topological polar surface area (TPSA) is 31.2 Å². The van der Waals surface area contributed by atoms with Gasteiger partial charge in [-0.25, -0.2) is 0 Å². The van der Waals surface area contributed by atoms with Crippen molar-refractivity contribution in [1.29, 1.82) is 0 Å². The molecule has 5 heteroatoms. The monoisotopic (exact) mass is 361 g/mol. The van der Waals surface area contributed by atoms with Gasteiger partial charge >= 0.3 is 0 Å². The smallest absolute Gasteiger partial charge is 0.165 e. The molecular weight excluding hydrogens is 342 g/mol. The molecule has 0 bridgehead atoms. The number of Topliss-reactive ketones (excluding diaryl/α,β-unsaturated/α-hetero) is 1. The van der Waals surface area contributed by atoms with Gasteiger partial charge < -0.3 is 9.30 Å². The maximum atomic E-state index is 12.7. The number of ether oxygens (including phenoxy) is 1. The summed E-state index contributed by atoms with van der Waals surface area (Å²) in [5.41, 5.74) is 1.71. The number of benzene rings is 1. The Labute approximate surface area is 150 Å². The molecular formula is C19H20ClNO2S. The van der Waals surface area contributed by atoms with Crippen LogP contribution in [0.4, 0.5) is 0 Å². The third-order valence-electron chi connectivity index (χ3n) is 4.10. The summed E-state index contributed by atoms with van der Waals surface area (Å²) in [5.74, 6) is 0.154. The minimum Gasteiger partial charge on any atom is -0.383 e. The molecule has 0 N–H and O–H groups in total. The average Bonchev–Trinajstić information content (AvgIpc) is 3.21. The Balaban J connectivity index is 1.80. The maximum Gasteiger partial charge on any atom is 0.165 e. The molecule has 0 atom stereocenters. The number of hydrogen-bond donors (Lipinski definition) is 0. The van der Waals surface area contributed by atoms with E-state index in [1.807, 2.05) is 30.5 Å². The summed E-state index contributed by atoms with van der Waals surface area (Å²) >= 11 is 8.11. The summed E-state index contributed by atoms with van der Waals surface area (Å²) < 4.78 is 7.22. The van der Waals surface area contributed by atoms with Crippen molar-refractivity contribution in [3.63, 3.8) is 0 Å². The molecule has 24 heavy (non-hydrogen) atoms. The first-order valence-corrected chi connectivity index (χ1v) is 9.28. The van der Waals surface area contributed by atoms with Crippen LogP contribution in [-0.2, 0) is 17.7 Å². The van der Waals surface area contributed by atoms with Crippen molar-refractivity contribution in [3.8, 4) is 0 Å². The Morgan fingerprint density at radius 2 is 2.17 bits per heavy atom. The van der Waals surface area contributed by atoms with Crippen LogP contribution in [0.1, 0.15) is 28.1 Å². The number of thiophene rings is 1.